The molecule has 182 valence electrons. The number of sulfonamides is 1. The molecule has 0 aliphatic rings. The Balaban J connectivity index is 1.45. The molecule has 3 aromatic carbocycles. The number of halogens is 1. The van der Waals surface area contributed by atoms with Crippen molar-refractivity contribution in [3.8, 4) is 5.75 Å². The average molecular weight is 531 g/mol. The molecule has 0 fully saturated rings. The number of carbonyl (C=O) groups is 1. The maximum absolute atomic E-state index is 13.1. The van der Waals surface area contributed by atoms with Gasteiger partial charge < -0.3 is 4.74 Å². The Bertz CT molecular complexity index is 1440. The van der Waals surface area contributed by atoms with Gasteiger partial charge in [0.2, 0.25) is 15.2 Å². The van der Waals surface area contributed by atoms with E-state index in [0.29, 0.717) is 33.5 Å². The maximum atomic E-state index is 13.1. The van der Waals surface area contributed by atoms with E-state index in [0.717, 1.165) is 10.3 Å². The summed E-state index contributed by atoms with van der Waals surface area (Å²) in [5.74, 6) is 0.133. The van der Waals surface area contributed by atoms with Crippen LogP contribution in [0.5, 0.6) is 5.75 Å². The summed E-state index contributed by atoms with van der Waals surface area (Å²) in [7, 11) is -2.18. The van der Waals surface area contributed by atoms with Gasteiger partial charge in [-0.2, -0.15) is 4.31 Å². The molecule has 8 nitrogen and oxygen atoms in total. The maximum Gasteiger partial charge on any atom is 0.269 e. The lowest BCUT2D eigenvalue weighted by molar-refractivity contribution is 0.0962. The molecule has 4 rings (SSSR count). The van der Waals surface area contributed by atoms with E-state index in [4.69, 9.17) is 16.3 Å². The van der Waals surface area contributed by atoms with Crippen LogP contribution in [0.15, 0.2) is 71.6 Å². The van der Waals surface area contributed by atoms with Gasteiger partial charge in [0.1, 0.15) is 11.3 Å². The monoisotopic (exact) mass is 530 g/mol. The van der Waals surface area contributed by atoms with Crippen LogP contribution in [0.4, 0.5) is 5.13 Å². The van der Waals surface area contributed by atoms with Gasteiger partial charge in [0.15, 0.2) is 0 Å². The minimum Gasteiger partial charge on any atom is -0.494 e. The number of rotatable bonds is 9. The van der Waals surface area contributed by atoms with Crippen molar-refractivity contribution in [2.75, 3.05) is 19.1 Å². The number of thiazole rings is 1. The third kappa shape index (κ3) is 5.40. The highest BCUT2D eigenvalue weighted by molar-refractivity contribution is 7.89. The number of hydrogen-bond acceptors (Lipinski definition) is 7. The topological polar surface area (TPSA) is 101 Å². The molecule has 0 radical (unpaired) electrons. The molecular formula is C24H23ClN4O4S2. The Morgan fingerprint density at radius 1 is 1.09 bits per heavy atom. The second kappa shape index (κ2) is 10.6. The predicted octanol–water partition coefficient (Wildman–Crippen LogP) is 4.93. The smallest absolute Gasteiger partial charge is 0.269 e. The third-order valence-electron chi connectivity index (χ3n) is 5.27. The van der Waals surface area contributed by atoms with Gasteiger partial charge >= 0.3 is 0 Å². The fraction of sp³-hybridized carbons (Fsp3) is 0.167. The number of amides is 1. The molecule has 35 heavy (non-hydrogen) atoms. The zero-order valence-electron chi connectivity index (χ0n) is 19.0. The predicted molar refractivity (Wildman–Crippen MR) is 138 cm³/mol. The van der Waals surface area contributed by atoms with Crippen molar-refractivity contribution in [1.82, 2.24) is 14.7 Å². The molecule has 1 amide bonds. The van der Waals surface area contributed by atoms with Crippen LogP contribution >= 0.6 is 22.9 Å². The zero-order valence-corrected chi connectivity index (χ0v) is 21.4. The molecular weight excluding hydrogens is 508 g/mol. The van der Waals surface area contributed by atoms with Crippen molar-refractivity contribution in [3.63, 3.8) is 0 Å². The number of aromatic nitrogens is 1. The molecule has 2 N–H and O–H groups in total. The second-order valence-corrected chi connectivity index (χ2v) is 10.8. The molecule has 0 atom stereocenters. The summed E-state index contributed by atoms with van der Waals surface area (Å²) < 4.78 is 33.6. The molecule has 0 spiro atoms. The summed E-state index contributed by atoms with van der Waals surface area (Å²) in [5, 5.41) is 0.960. The molecule has 11 heteroatoms. The van der Waals surface area contributed by atoms with E-state index in [1.165, 1.54) is 39.9 Å². The van der Waals surface area contributed by atoms with Gasteiger partial charge in [-0.1, -0.05) is 60.2 Å². The van der Waals surface area contributed by atoms with Gasteiger partial charge in [0.05, 0.1) is 21.7 Å². The van der Waals surface area contributed by atoms with E-state index in [-0.39, 0.29) is 11.4 Å². The van der Waals surface area contributed by atoms with E-state index in [2.05, 4.69) is 15.8 Å². The van der Waals surface area contributed by atoms with Gasteiger partial charge in [-0.15, -0.1) is 0 Å². The van der Waals surface area contributed by atoms with Crippen molar-refractivity contribution < 1.29 is 17.9 Å². The molecule has 4 aromatic rings. The number of nitrogens with zero attached hydrogens (tertiary/aromatic N) is 2. The number of ether oxygens (including phenoxy) is 1. The fourth-order valence-electron chi connectivity index (χ4n) is 3.43. The number of methoxy groups -OCH3 is 1. The van der Waals surface area contributed by atoms with Crippen molar-refractivity contribution in [2.45, 2.75) is 18.4 Å². The molecule has 0 saturated carbocycles. The number of anilines is 1. The van der Waals surface area contributed by atoms with Crippen molar-refractivity contribution in [3.05, 3.63) is 82.9 Å². The first-order valence-corrected chi connectivity index (χ1v) is 13.3. The highest BCUT2D eigenvalue weighted by atomic mass is 35.5. The fourth-order valence-corrected chi connectivity index (χ4v) is 5.98. The summed E-state index contributed by atoms with van der Waals surface area (Å²) in [6, 6.07) is 18.6. The summed E-state index contributed by atoms with van der Waals surface area (Å²) in [6.45, 7) is 2.38. The van der Waals surface area contributed by atoms with Gasteiger partial charge in [-0.3, -0.25) is 15.6 Å². The molecule has 0 unspecified atom stereocenters. The normalized spacial score (nSPS) is 11.5. The summed E-state index contributed by atoms with van der Waals surface area (Å²) in [6.07, 6.45) is 0. The lowest BCUT2D eigenvalue weighted by Gasteiger charge is -2.20. The van der Waals surface area contributed by atoms with E-state index in [1.54, 1.807) is 26.2 Å². The quantitative estimate of drug-likeness (QED) is 0.298. The molecule has 0 bridgehead atoms. The molecule has 0 saturated heterocycles. The summed E-state index contributed by atoms with van der Waals surface area (Å²) >= 11 is 7.50. The first kappa shape index (κ1) is 24.9. The highest BCUT2D eigenvalue weighted by Gasteiger charge is 2.23. The third-order valence-corrected chi connectivity index (χ3v) is 8.64. The van der Waals surface area contributed by atoms with Crippen molar-refractivity contribution in [2.24, 2.45) is 0 Å². The Labute approximate surface area is 212 Å². The Morgan fingerprint density at radius 2 is 1.80 bits per heavy atom. The average Bonchev–Trinajstić information content (AvgIpc) is 3.32. The van der Waals surface area contributed by atoms with Crippen molar-refractivity contribution >= 4 is 54.2 Å². The van der Waals surface area contributed by atoms with Crippen LogP contribution in [0.2, 0.25) is 5.02 Å². The number of fused-ring (bicyclic) bond motifs is 1. The minimum absolute atomic E-state index is 0.118. The lowest BCUT2D eigenvalue weighted by atomic mass is 10.2. The van der Waals surface area contributed by atoms with Gasteiger partial charge in [0.25, 0.3) is 5.91 Å². The van der Waals surface area contributed by atoms with Gasteiger partial charge in [-0.25, -0.2) is 13.4 Å². The molecule has 1 aromatic heterocycles. The van der Waals surface area contributed by atoms with Crippen LogP contribution in [-0.2, 0) is 16.6 Å². The first-order chi connectivity index (χ1) is 16.8. The van der Waals surface area contributed by atoms with Gasteiger partial charge in [-0.05, 0) is 42.0 Å². The Hall–Kier alpha value is -3.18. The number of benzene rings is 3. The van der Waals surface area contributed by atoms with Crippen LogP contribution < -0.4 is 15.6 Å². The van der Waals surface area contributed by atoms with E-state index < -0.39 is 15.9 Å². The van der Waals surface area contributed by atoms with Gasteiger partial charge in [0, 0.05) is 18.7 Å². The Morgan fingerprint density at radius 3 is 2.46 bits per heavy atom. The van der Waals surface area contributed by atoms with Crippen LogP contribution in [-0.4, -0.2) is 37.3 Å². The molecule has 1 heterocycles. The number of hydrogen-bond donors (Lipinski definition) is 2. The first-order valence-electron chi connectivity index (χ1n) is 10.7. The van der Waals surface area contributed by atoms with Crippen molar-refractivity contribution in [1.29, 1.82) is 0 Å². The number of hydrazine groups is 1. The van der Waals surface area contributed by atoms with E-state index >= 15 is 0 Å². The summed E-state index contributed by atoms with van der Waals surface area (Å²) in [5.41, 5.74) is 7.13. The number of nitrogens with one attached hydrogen (secondary N) is 2. The molecule has 0 aliphatic heterocycles. The minimum atomic E-state index is -3.72. The SMILES string of the molecule is CCN(Cc1ccccc1)S(=O)(=O)c1ccc(C(=O)NNc2nc3c(OC)ccc(Cl)c3s2)cc1. The Kier molecular flexibility index (Phi) is 7.56. The van der Waals surface area contributed by atoms with E-state index in [1.807, 2.05) is 30.3 Å². The van der Waals surface area contributed by atoms with E-state index in [9.17, 15) is 13.2 Å². The zero-order chi connectivity index (χ0) is 25.0. The summed E-state index contributed by atoms with van der Waals surface area (Å²) in [4.78, 5) is 17.1. The second-order valence-electron chi connectivity index (χ2n) is 7.47. The van der Waals surface area contributed by atoms with Crippen LogP contribution in [0, 0.1) is 0 Å². The lowest BCUT2D eigenvalue weighted by Crippen LogP contribution is -2.31. The number of carbonyl (C=O) groups excluding carboxylic acids is 1. The van der Waals surface area contributed by atoms with Crippen LogP contribution in [0.3, 0.4) is 0 Å². The standard InChI is InChI=1S/C24H23ClN4O4S2/c1-3-29(15-16-7-5-4-6-8-16)35(31,32)18-11-9-17(10-12-18)23(30)27-28-24-26-21-20(33-2)14-13-19(25)22(21)34-24/h4-14H,3,15H2,1-2H3,(H,26,28)(H,27,30). The highest BCUT2D eigenvalue weighted by Crippen LogP contribution is 2.37. The largest absolute Gasteiger partial charge is 0.494 e. The van der Waals surface area contributed by atoms with Crippen LogP contribution in [0.25, 0.3) is 10.2 Å². The molecule has 0 aliphatic carbocycles. The van der Waals surface area contributed by atoms with Crippen LogP contribution in [0.1, 0.15) is 22.8 Å².